The van der Waals surface area contributed by atoms with E-state index in [4.69, 9.17) is 5.73 Å². The molecule has 0 saturated heterocycles. The molecule has 1 saturated carbocycles. The molecule has 3 nitrogen and oxygen atoms in total. The molecule has 1 aromatic rings. The Hall–Kier alpha value is -1.43. The summed E-state index contributed by atoms with van der Waals surface area (Å²) in [6.45, 7) is 0.258. The second-order valence-electron chi connectivity index (χ2n) is 4.73. The number of anilines is 2. The van der Waals surface area contributed by atoms with Crippen molar-refractivity contribution in [2.45, 2.75) is 31.0 Å². The smallest absolute Gasteiger partial charge is 0.398 e. The Bertz CT molecular complexity index is 441. The number of nitrogen functional groups attached to an aromatic ring is 1. The summed E-state index contributed by atoms with van der Waals surface area (Å²) in [5.41, 5.74) is 3.69. The molecule has 1 aliphatic rings. The third kappa shape index (κ3) is 2.69. The first-order chi connectivity index (χ1) is 8.30. The second-order valence-corrected chi connectivity index (χ2v) is 4.73. The van der Waals surface area contributed by atoms with Gasteiger partial charge in [0.1, 0.15) is 0 Å². The van der Waals surface area contributed by atoms with Crippen LogP contribution in [0, 0.1) is 0 Å². The zero-order valence-electron chi connectivity index (χ0n) is 9.72. The molecule has 0 bridgehead atoms. The number of aliphatic hydroxyl groups is 1. The van der Waals surface area contributed by atoms with Crippen molar-refractivity contribution in [3.63, 3.8) is 0 Å². The summed E-state index contributed by atoms with van der Waals surface area (Å²) in [5.74, 6) is 0. The van der Waals surface area contributed by atoms with Crippen molar-refractivity contribution in [2.75, 3.05) is 17.6 Å². The van der Waals surface area contributed by atoms with E-state index in [1.807, 2.05) is 0 Å². The van der Waals surface area contributed by atoms with Gasteiger partial charge in [0, 0.05) is 17.9 Å². The van der Waals surface area contributed by atoms with Gasteiger partial charge >= 0.3 is 6.18 Å². The average Bonchev–Trinajstić information content (AvgIpc) is 2.24. The maximum absolute atomic E-state index is 12.6. The van der Waals surface area contributed by atoms with Crippen molar-refractivity contribution in [1.82, 2.24) is 0 Å². The Morgan fingerprint density at radius 2 is 2.00 bits per heavy atom. The molecule has 0 spiro atoms. The summed E-state index contributed by atoms with van der Waals surface area (Å²) in [5, 5.41) is 12.7. The van der Waals surface area contributed by atoms with E-state index < -0.39 is 17.3 Å². The van der Waals surface area contributed by atoms with Crippen LogP contribution in [-0.2, 0) is 6.18 Å². The van der Waals surface area contributed by atoms with Crippen molar-refractivity contribution < 1.29 is 18.3 Å². The molecule has 6 heteroatoms. The lowest BCUT2D eigenvalue weighted by Gasteiger charge is -2.36. The number of alkyl halides is 3. The van der Waals surface area contributed by atoms with Crippen LogP contribution in [0.3, 0.4) is 0 Å². The highest BCUT2D eigenvalue weighted by atomic mass is 19.4. The number of hydrogen-bond donors (Lipinski definition) is 3. The summed E-state index contributed by atoms with van der Waals surface area (Å²) in [4.78, 5) is 0. The Morgan fingerprint density at radius 3 is 2.50 bits per heavy atom. The highest BCUT2D eigenvalue weighted by molar-refractivity contribution is 5.58. The molecule has 2 rings (SSSR count). The number of rotatable bonds is 3. The van der Waals surface area contributed by atoms with Crippen LogP contribution in [0.25, 0.3) is 0 Å². The average molecular weight is 260 g/mol. The van der Waals surface area contributed by atoms with Gasteiger partial charge in [-0.1, -0.05) is 0 Å². The van der Waals surface area contributed by atoms with Crippen LogP contribution in [0.15, 0.2) is 18.2 Å². The molecule has 0 heterocycles. The fraction of sp³-hybridized carbons (Fsp3) is 0.500. The first-order valence-corrected chi connectivity index (χ1v) is 5.73. The summed E-state index contributed by atoms with van der Waals surface area (Å²) in [6, 6.07) is 3.67. The summed E-state index contributed by atoms with van der Waals surface area (Å²) < 4.78 is 37.9. The van der Waals surface area contributed by atoms with E-state index in [-0.39, 0.29) is 12.2 Å². The zero-order valence-corrected chi connectivity index (χ0v) is 9.72. The molecule has 100 valence electrons. The van der Waals surface area contributed by atoms with E-state index in [0.29, 0.717) is 18.5 Å². The molecule has 1 aromatic carbocycles. The largest absolute Gasteiger partial charge is 0.418 e. The minimum Gasteiger partial charge on any atom is -0.398 e. The Morgan fingerprint density at radius 1 is 1.33 bits per heavy atom. The number of halogens is 3. The summed E-state index contributed by atoms with van der Waals surface area (Å²) in [6.07, 6.45) is -2.15. The van der Waals surface area contributed by atoms with Gasteiger partial charge in [0.25, 0.3) is 0 Å². The van der Waals surface area contributed by atoms with Crippen LogP contribution in [0.4, 0.5) is 24.5 Å². The van der Waals surface area contributed by atoms with Crippen LogP contribution in [0.1, 0.15) is 24.8 Å². The number of benzene rings is 1. The van der Waals surface area contributed by atoms with Gasteiger partial charge in [-0.05, 0) is 37.5 Å². The molecule has 0 radical (unpaired) electrons. The molecular formula is C12H15F3N2O. The van der Waals surface area contributed by atoms with Gasteiger partial charge in [-0.15, -0.1) is 0 Å². The third-order valence-electron chi connectivity index (χ3n) is 3.26. The Kier molecular flexibility index (Phi) is 3.14. The molecule has 1 fully saturated rings. The van der Waals surface area contributed by atoms with E-state index in [1.54, 1.807) is 0 Å². The quantitative estimate of drug-likeness (QED) is 0.732. The zero-order chi connectivity index (χ0) is 13.4. The predicted molar refractivity (Wildman–Crippen MR) is 63.1 cm³/mol. The van der Waals surface area contributed by atoms with Gasteiger partial charge < -0.3 is 16.2 Å². The molecule has 0 atom stereocenters. The number of hydrogen-bond acceptors (Lipinski definition) is 3. The van der Waals surface area contributed by atoms with Crippen molar-refractivity contribution in [3.8, 4) is 0 Å². The van der Waals surface area contributed by atoms with E-state index in [0.717, 1.165) is 12.5 Å². The van der Waals surface area contributed by atoms with E-state index in [9.17, 15) is 18.3 Å². The summed E-state index contributed by atoms with van der Waals surface area (Å²) >= 11 is 0. The van der Waals surface area contributed by atoms with Gasteiger partial charge in [-0.2, -0.15) is 13.2 Å². The van der Waals surface area contributed by atoms with Crippen molar-refractivity contribution >= 4 is 11.4 Å². The Balaban J connectivity index is 2.10. The highest BCUT2D eigenvalue weighted by Gasteiger charge is 2.35. The van der Waals surface area contributed by atoms with Crippen LogP contribution in [0.5, 0.6) is 0 Å². The molecule has 0 aromatic heterocycles. The standard InChI is InChI=1S/C12H15F3N2O/c13-12(14,15)9-6-8(2-3-10(9)16)17-7-11(18)4-1-5-11/h2-3,6,17-18H,1,4-5,7,16H2. The van der Waals surface area contributed by atoms with E-state index in [2.05, 4.69) is 5.32 Å². The van der Waals surface area contributed by atoms with Gasteiger partial charge in [-0.3, -0.25) is 0 Å². The lowest BCUT2D eigenvalue weighted by atomic mass is 9.80. The number of nitrogens with one attached hydrogen (secondary N) is 1. The molecule has 0 unspecified atom stereocenters. The fourth-order valence-corrected chi connectivity index (χ4v) is 1.94. The van der Waals surface area contributed by atoms with E-state index >= 15 is 0 Å². The summed E-state index contributed by atoms with van der Waals surface area (Å²) in [7, 11) is 0. The molecule has 0 amide bonds. The third-order valence-corrected chi connectivity index (χ3v) is 3.26. The highest BCUT2D eigenvalue weighted by Crippen LogP contribution is 2.36. The number of nitrogens with two attached hydrogens (primary N) is 1. The van der Waals surface area contributed by atoms with Crippen LogP contribution in [0.2, 0.25) is 0 Å². The topological polar surface area (TPSA) is 58.3 Å². The van der Waals surface area contributed by atoms with Crippen LogP contribution in [-0.4, -0.2) is 17.3 Å². The lowest BCUT2D eigenvalue weighted by Crippen LogP contribution is -2.43. The minimum absolute atomic E-state index is 0.258. The fourth-order valence-electron chi connectivity index (χ4n) is 1.94. The molecule has 0 aliphatic heterocycles. The molecule has 1 aliphatic carbocycles. The minimum atomic E-state index is -4.46. The van der Waals surface area contributed by atoms with Crippen molar-refractivity contribution in [3.05, 3.63) is 23.8 Å². The molecular weight excluding hydrogens is 245 g/mol. The van der Waals surface area contributed by atoms with Crippen LogP contribution >= 0.6 is 0 Å². The first kappa shape index (κ1) is 13.0. The first-order valence-electron chi connectivity index (χ1n) is 5.73. The van der Waals surface area contributed by atoms with Crippen LogP contribution < -0.4 is 11.1 Å². The maximum Gasteiger partial charge on any atom is 0.418 e. The van der Waals surface area contributed by atoms with Crippen molar-refractivity contribution in [1.29, 1.82) is 0 Å². The lowest BCUT2D eigenvalue weighted by molar-refractivity contribution is -0.136. The van der Waals surface area contributed by atoms with Gasteiger partial charge in [0.05, 0.1) is 11.2 Å². The predicted octanol–water partition coefficient (Wildman–Crippen LogP) is 2.61. The second kappa shape index (κ2) is 4.35. The SMILES string of the molecule is Nc1ccc(NCC2(O)CCC2)cc1C(F)(F)F. The van der Waals surface area contributed by atoms with Gasteiger partial charge in [-0.25, -0.2) is 0 Å². The van der Waals surface area contributed by atoms with Gasteiger partial charge in [0.15, 0.2) is 0 Å². The van der Waals surface area contributed by atoms with E-state index in [1.165, 1.54) is 12.1 Å². The van der Waals surface area contributed by atoms with Crippen molar-refractivity contribution in [2.24, 2.45) is 0 Å². The molecule has 4 N–H and O–H groups in total. The normalized spacial score (nSPS) is 18.2. The van der Waals surface area contributed by atoms with Gasteiger partial charge in [0.2, 0.25) is 0 Å². The molecule has 18 heavy (non-hydrogen) atoms. The Labute approximate surface area is 103 Å². The maximum atomic E-state index is 12.6. The monoisotopic (exact) mass is 260 g/mol.